The summed E-state index contributed by atoms with van der Waals surface area (Å²) in [6, 6.07) is 6.06. The van der Waals surface area contributed by atoms with Gasteiger partial charge in [0.2, 0.25) is 15.9 Å². The first-order valence-electron chi connectivity index (χ1n) is 5.93. The summed E-state index contributed by atoms with van der Waals surface area (Å²) in [5, 5.41) is 7.72. The van der Waals surface area contributed by atoms with Gasteiger partial charge in [0.1, 0.15) is 0 Å². The van der Waals surface area contributed by atoms with Gasteiger partial charge in [-0.1, -0.05) is 12.1 Å². The summed E-state index contributed by atoms with van der Waals surface area (Å²) in [6.07, 6.45) is 1.02. The fraction of sp³-hybridized carbons (Fsp3) is 0.417. The Labute approximate surface area is 113 Å². The summed E-state index contributed by atoms with van der Waals surface area (Å²) >= 11 is 0. The normalized spacial score (nSPS) is 13.0. The minimum Gasteiger partial charge on any atom is -0.352 e. The first-order chi connectivity index (χ1) is 8.79. The number of rotatable bonds is 6. The lowest BCUT2D eigenvalue weighted by Crippen LogP contribution is -2.25. The summed E-state index contributed by atoms with van der Waals surface area (Å²) in [4.78, 5) is 11.5. The Balaban J connectivity index is 2.48. The monoisotopic (exact) mass is 285 g/mol. The second-order valence-corrected chi connectivity index (χ2v) is 6.04. The minimum absolute atomic E-state index is 0.000190. The minimum atomic E-state index is -3.67. The lowest BCUT2D eigenvalue weighted by atomic mass is 10.2. The van der Waals surface area contributed by atoms with E-state index in [1.807, 2.05) is 6.92 Å². The van der Waals surface area contributed by atoms with Crippen LogP contribution in [0.5, 0.6) is 0 Å². The molecule has 1 atom stereocenters. The molecule has 106 valence electrons. The van der Waals surface area contributed by atoms with Crippen LogP contribution in [0.15, 0.2) is 29.2 Å². The molecule has 19 heavy (non-hydrogen) atoms. The SMILES string of the molecule is CC(N)CCC(=O)NCc1ccc(S(N)(=O)=O)cc1. The van der Waals surface area contributed by atoms with Crippen LogP contribution < -0.4 is 16.2 Å². The van der Waals surface area contributed by atoms with E-state index in [1.54, 1.807) is 12.1 Å². The summed E-state index contributed by atoms with van der Waals surface area (Å²) in [5.74, 6) is -0.0761. The maximum Gasteiger partial charge on any atom is 0.238 e. The Kier molecular flexibility index (Phi) is 5.46. The third-order valence-corrected chi connectivity index (χ3v) is 3.50. The van der Waals surface area contributed by atoms with Crippen molar-refractivity contribution in [2.24, 2.45) is 10.9 Å². The van der Waals surface area contributed by atoms with E-state index in [1.165, 1.54) is 12.1 Å². The van der Waals surface area contributed by atoms with Crippen LogP contribution in [0, 0.1) is 0 Å². The summed E-state index contributed by atoms with van der Waals surface area (Å²) in [5.41, 5.74) is 6.36. The van der Waals surface area contributed by atoms with E-state index >= 15 is 0 Å². The Hall–Kier alpha value is -1.44. The molecule has 7 heteroatoms. The maximum atomic E-state index is 11.5. The quantitative estimate of drug-likeness (QED) is 0.686. The molecule has 1 aromatic carbocycles. The molecule has 0 fully saturated rings. The predicted octanol–water partition coefficient (Wildman–Crippen LogP) is 0.0776. The molecule has 0 aliphatic carbocycles. The molecule has 0 spiro atoms. The highest BCUT2D eigenvalue weighted by molar-refractivity contribution is 7.89. The molecule has 1 unspecified atom stereocenters. The molecule has 0 bridgehead atoms. The first kappa shape index (κ1) is 15.6. The molecule has 0 heterocycles. The van der Waals surface area contributed by atoms with Crippen LogP contribution in [0.25, 0.3) is 0 Å². The Bertz CT molecular complexity index is 524. The second-order valence-electron chi connectivity index (χ2n) is 4.48. The van der Waals surface area contributed by atoms with Gasteiger partial charge in [0, 0.05) is 19.0 Å². The zero-order chi connectivity index (χ0) is 14.5. The Morgan fingerprint density at radius 1 is 1.32 bits per heavy atom. The lowest BCUT2D eigenvalue weighted by Gasteiger charge is -2.07. The van der Waals surface area contributed by atoms with E-state index in [9.17, 15) is 13.2 Å². The Morgan fingerprint density at radius 3 is 2.37 bits per heavy atom. The van der Waals surface area contributed by atoms with Crippen molar-refractivity contribution in [3.63, 3.8) is 0 Å². The number of carbonyl (C=O) groups excluding carboxylic acids is 1. The van der Waals surface area contributed by atoms with Gasteiger partial charge in [-0.25, -0.2) is 13.6 Å². The second kappa shape index (κ2) is 6.65. The van der Waals surface area contributed by atoms with Crippen molar-refractivity contribution in [2.75, 3.05) is 0 Å². The van der Waals surface area contributed by atoms with Gasteiger partial charge in [0.15, 0.2) is 0 Å². The summed E-state index contributed by atoms with van der Waals surface area (Å²) in [7, 11) is -3.67. The maximum absolute atomic E-state index is 11.5. The van der Waals surface area contributed by atoms with Gasteiger partial charge in [0.25, 0.3) is 0 Å². The van der Waals surface area contributed by atoms with E-state index in [0.717, 1.165) is 5.56 Å². The topological polar surface area (TPSA) is 115 Å². The fourth-order valence-corrected chi connectivity index (χ4v) is 1.96. The highest BCUT2D eigenvalue weighted by Gasteiger charge is 2.07. The van der Waals surface area contributed by atoms with Gasteiger partial charge in [-0.2, -0.15) is 0 Å². The van der Waals surface area contributed by atoms with E-state index in [4.69, 9.17) is 10.9 Å². The molecule has 0 saturated carbocycles. The van der Waals surface area contributed by atoms with Crippen molar-refractivity contribution in [1.29, 1.82) is 0 Å². The molecule has 0 aliphatic heterocycles. The number of hydrogen-bond acceptors (Lipinski definition) is 4. The number of sulfonamides is 1. The number of benzene rings is 1. The Morgan fingerprint density at radius 2 is 1.89 bits per heavy atom. The average Bonchev–Trinajstić information content (AvgIpc) is 2.33. The van der Waals surface area contributed by atoms with E-state index < -0.39 is 10.0 Å². The number of carbonyl (C=O) groups is 1. The van der Waals surface area contributed by atoms with Gasteiger partial charge in [-0.15, -0.1) is 0 Å². The van der Waals surface area contributed by atoms with Crippen LogP contribution >= 0.6 is 0 Å². The fourth-order valence-electron chi connectivity index (χ4n) is 1.44. The third-order valence-electron chi connectivity index (χ3n) is 2.57. The van der Waals surface area contributed by atoms with Gasteiger partial charge >= 0.3 is 0 Å². The lowest BCUT2D eigenvalue weighted by molar-refractivity contribution is -0.121. The van der Waals surface area contributed by atoms with Crippen LogP contribution in [0.3, 0.4) is 0 Å². The number of amides is 1. The van der Waals surface area contributed by atoms with Crippen LogP contribution in [-0.4, -0.2) is 20.4 Å². The van der Waals surface area contributed by atoms with Crippen molar-refractivity contribution in [3.8, 4) is 0 Å². The number of primary sulfonamides is 1. The van der Waals surface area contributed by atoms with Crippen molar-refractivity contribution in [1.82, 2.24) is 5.32 Å². The molecule has 0 aliphatic rings. The molecule has 5 N–H and O–H groups in total. The van der Waals surface area contributed by atoms with Crippen molar-refractivity contribution in [2.45, 2.75) is 37.2 Å². The van der Waals surface area contributed by atoms with Crippen molar-refractivity contribution < 1.29 is 13.2 Å². The molecule has 1 amide bonds. The van der Waals surface area contributed by atoms with Gasteiger partial charge < -0.3 is 11.1 Å². The van der Waals surface area contributed by atoms with E-state index in [0.29, 0.717) is 19.4 Å². The van der Waals surface area contributed by atoms with Crippen LogP contribution in [0.4, 0.5) is 0 Å². The molecule has 1 aromatic rings. The molecule has 0 aromatic heterocycles. The molecule has 0 radical (unpaired) electrons. The number of nitrogens with one attached hydrogen (secondary N) is 1. The average molecular weight is 285 g/mol. The summed E-state index contributed by atoms with van der Waals surface area (Å²) in [6.45, 7) is 2.20. The van der Waals surface area contributed by atoms with Crippen LogP contribution in [0.2, 0.25) is 0 Å². The van der Waals surface area contributed by atoms with Crippen LogP contribution in [-0.2, 0) is 21.4 Å². The largest absolute Gasteiger partial charge is 0.352 e. The zero-order valence-corrected chi connectivity index (χ0v) is 11.6. The van der Waals surface area contributed by atoms with Crippen molar-refractivity contribution in [3.05, 3.63) is 29.8 Å². The van der Waals surface area contributed by atoms with E-state index in [2.05, 4.69) is 5.32 Å². The van der Waals surface area contributed by atoms with E-state index in [-0.39, 0.29) is 16.8 Å². The van der Waals surface area contributed by atoms with Crippen LogP contribution in [0.1, 0.15) is 25.3 Å². The smallest absolute Gasteiger partial charge is 0.238 e. The van der Waals surface area contributed by atoms with Crippen molar-refractivity contribution >= 4 is 15.9 Å². The predicted molar refractivity (Wildman–Crippen MR) is 72.5 cm³/mol. The van der Waals surface area contributed by atoms with Gasteiger partial charge in [-0.05, 0) is 31.0 Å². The summed E-state index contributed by atoms with van der Waals surface area (Å²) < 4.78 is 22.1. The third kappa shape index (κ3) is 5.82. The van der Waals surface area contributed by atoms with Gasteiger partial charge in [0.05, 0.1) is 4.90 Å². The molecular formula is C12H19N3O3S. The zero-order valence-electron chi connectivity index (χ0n) is 10.8. The standard InChI is InChI=1S/C12H19N3O3S/c1-9(13)2-7-12(16)15-8-10-3-5-11(6-4-10)19(14,17)18/h3-6,9H,2,7-8,13H2,1H3,(H,15,16)(H2,14,17,18). The first-order valence-corrected chi connectivity index (χ1v) is 7.47. The van der Waals surface area contributed by atoms with Gasteiger partial charge in [-0.3, -0.25) is 4.79 Å². The highest BCUT2D eigenvalue weighted by Crippen LogP contribution is 2.08. The number of hydrogen-bond donors (Lipinski definition) is 3. The molecule has 1 rings (SSSR count). The molecule has 6 nitrogen and oxygen atoms in total. The highest BCUT2D eigenvalue weighted by atomic mass is 32.2. The number of nitrogens with two attached hydrogens (primary N) is 2. The molecule has 0 saturated heterocycles. The molecular weight excluding hydrogens is 266 g/mol.